The largest absolute Gasteiger partial charge is 0.478 e. The number of hydrogen-bond acceptors (Lipinski definition) is 3. The number of benzene rings is 2. The maximum atomic E-state index is 13.4. The first-order valence-electron chi connectivity index (χ1n) is 5.78. The van der Waals surface area contributed by atoms with Crippen LogP contribution in [0, 0.1) is 5.82 Å². The predicted molar refractivity (Wildman–Crippen MR) is 79.9 cm³/mol. The SMILES string of the molecule is Nc1c(NC(=O)c2ccc(Br)c(F)c2)cccc1C(=O)O. The van der Waals surface area contributed by atoms with Crippen molar-refractivity contribution in [2.75, 3.05) is 11.1 Å². The zero-order valence-electron chi connectivity index (χ0n) is 10.6. The van der Waals surface area contributed by atoms with Crippen LogP contribution in [0.2, 0.25) is 0 Å². The number of aromatic carboxylic acids is 1. The summed E-state index contributed by atoms with van der Waals surface area (Å²) in [6.07, 6.45) is 0. The monoisotopic (exact) mass is 352 g/mol. The van der Waals surface area contributed by atoms with E-state index in [1.54, 1.807) is 0 Å². The molecule has 0 bridgehead atoms. The van der Waals surface area contributed by atoms with Crippen molar-refractivity contribution in [3.05, 3.63) is 57.8 Å². The summed E-state index contributed by atoms with van der Waals surface area (Å²) >= 11 is 2.99. The van der Waals surface area contributed by atoms with Crippen LogP contribution in [0.1, 0.15) is 20.7 Å². The minimum Gasteiger partial charge on any atom is -0.478 e. The number of halogens is 2. The Labute approximate surface area is 127 Å². The maximum absolute atomic E-state index is 13.4. The number of rotatable bonds is 3. The molecule has 0 spiro atoms. The van der Waals surface area contributed by atoms with E-state index < -0.39 is 17.7 Å². The third-order valence-electron chi connectivity index (χ3n) is 2.77. The van der Waals surface area contributed by atoms with E-state index in [1.807, 2.05) is 0 Å². The number of carbonyl (C=O) groups is 2. The summed E-state index contributed by atoms with van der Waals surface area (Å²) in [4.78, 5) is 23.0. The van der Waals surface area contributed by atoms with Gasteiger partial charge in [-0.3, -0.25) is 4.79 Å². The van der Waals surface area contributed by atoms with Crippen molar-refractivity contribution in [3.8, 4) is 0 Å². The molecule has 0 saturated carbocycles. The van der Waals surface area contributed by atoms with Crippen LogP contribution in [0.5, 0.6) is 0 Å². The molecular formula is C14H10BrFN2O3. The third kappa shape index (κ3) is 3.19. The first-order chi connectivity index (χ1) is 9.90. The second-order valence-corrected chi connectivity index (χ2v) is 5.01. The lowest BCUT2D eigenvalue weighted by Crippen LogP contribution is -2.15. The van der Waals surface area contributed by atoms with E-state index in [-0.39, 0.29) is 27.0 Å². The fraction of sp³-hybridized carbons (Fsp3) is 0. The molecule has 4 N–H and O–H groups in total. The molecule has 2 rings (SSSR count). The average molecular weight is 353 g/mol. The van der Waals surface area contributed by atoms with Gasteiger partial charge < -0.3 is 16.2 Å². The van der Waals surface area contributed by atoms with Crippen LogP contribution in [0.25, 0.3) is 0 Å². The van der Waals surface area contributed by atoms with E-state index >= 15 is 0 Å². The number of carbonyl (C=O) groups excluding carboxylic acids is 1. The maximum Gasteiger partial charge on any atom is 0.337 e. The highest BCUT2D eigenvalue weighted by atomic mass is 79.9. The highest BCUT2D eigenvalue weighted by Crippen LogP contribution is 2.24. The molecule has 0 aliphatic rings. The minimum absolute atomic E-state index is 0.0593. The van der Waals surface area contributed by atoms with Crippen LogP contribution < -0.4 is 11.1 Å². The molecule has 0 unspecified atom stereocenters. The van der Waals surface area contributed by atoms with Gasteiger partial charge in [-0.15, -0.1) is 0 Å². The van der Waals surface area contributed by atoms with Crippen molar-refractivity contribution < 1.29 is 19.1 Å². The van der Waals surface area contributed by atoms with Crippen molar-refractivity contribution in [1.29, 1.82) is 0 Å². The van der Waals surface area contributed by atoms with Gasteiger partial charge in [0.1, 0.15) is 5.82 Å². The lowest BCUT2D eigenvalue weighted by Gasteiger charge is -2.10. The Hall–Kier alpha value is -2.41. The Kier molecular flexibility index (Phi) is 4.23. The summed E-state index contributed by atoms with van der Waals surface area (Å²) in [5.41, 5.74) is 5.76. The van der Waals surface area contributed by atoms with Crippen LogP contribution in [-0.2, 0) is 0 Å². The van der Waals surface area contributed by atoms with E-state index in [2.05, 4.69) is 21.2 Å². The van der Waals surface area contributed by atoms with Crippen LogP contribution in [-0.4, -0.2) is 17.0 Å². The fourth-order valence-electron chi connectivity index (χ4n) is 1.69. The standard InChI is InChI=1S/C14H10BrFN2O3/c15-9-5-4-7(6-10(9)16)13(19)18-11-3-1-2-8(12(11)17)14(20)21/h1-6H,17H2,(H,18,19)(H,20,21). The number of hydrogen-bond donors (Lipinski definition) is 3. The number of nitrogens with one attached hydrogen (secondary N) is 1. The zero-order chi connectivity index (χ0) is 15.6. The number of para-hydroxylation sites is 1. The van der Waals surface area contributed by atoms with E-state index in [4.69, 9.17) is 10.8 Å². The average Bonchev–Trinajstić information content (AvgIpc) is 2.43. The van der Waals surface area contributed by atoms with Gasteiger partial charge in [-0.2, -0.15) is 0 Å². The molecule has 0 fully saturated rings. The van der Waals surface area contributed by atoms with Gasteiger partial charge in [-0.1, -0.05) is 6.07 Å². The second kappa shape index (κ2) is 5.92. The van der Waals surface area contributed by atoms with Crippen LogP contribution in [0.4, 0.5) is 15.8 Å². The molecule has 0 aromatic heterocycles. The Morgan fingerprint density at radius 1 is 1.24 bits per heavy atom. The van der Waals surface area contributed by atoms with Crippen molar-refractivity contribution in [2.24, 2.45) is 0 Å². The van der Waals surface area contributed by atoms with Gasteiger partial charge in [0.05, 0.1) is 21.4 Å². The molecule has 1 amide bonds. The smallest absolute Gasteiger partial charge is 0.337 e. The third-order valence-corrected chi connectivity index (χ3v) is 3.41. The number of nitrogen functional groups attached to an aromatic ring is 1. The second-order valence-electron chi connectivity index (χ2n) is 4.15. The molecule has 108 valence electrons. The summed E-state index contributed by atoms with van der Waals surface area (Å²) in [6.45, 7) is 0. The molecule has 2 aromatic carbocycles. The van der Waals surface area contributed by atoms with Crippen molar-refractivity contribution >= 4 is 39.2 Å². The van der Waals surface area contributed by atoms with Crippen LogP contribution >= 0.6 is 15.9 Å². The first kappa shape index (κ1) is 15.0. The van der Waals surface area contributed by atoms with Gasteiger partial charge in [0.15, 0.2) is 0 Å². The molecule has 0 radical (unpaired) electrons. The van der Waals surface area contributed by atoms with Gasteiger partial charge in [0.2, 0.25) is 0 Å². The van der Waals surface area contributed by atoms with Crippen LogP contribution in [0.15, 0.2) is 40.9 Å². The summed E-state index contributed by atoms with van der Waals surface area (Å²) < 4.78 is 13.6. The topological polar surface area (TPSA) is 92.4 Å². The molecule has 0 atom stereocenters. The van der Waals surface area contributed by atoms with E-state index in [0.717, 1.165) is 6.07 Å². The minimum atomic E-state index is -1.20. The van der Waals surface area contributed by atoms with Crippen LogP contribution in [0.3, 0.4) is 0 Å². The first-order valence-corrected chi connectivity index (χ1v) is 6.57. The quantitative estimate of drug-likeness (QED) is 0.740. The number of nitrogens with two attached hydrogens (primary N) is 1. The van der Waals surface area contributed by atoms with Gasteiger partial charge in [0.25, 0.3) is 5.91 Å². The Bertz CT molecular complexity index is 734. The fourth-order valence-corrected chi connectivity index (χ4v) is 1.94. The van der Waals surface area contributed by atoms with Gasteiger partial charge in [-0.05, 0) is 46.3 Å². The molecule has 0 aliphatic heterocycles. The normalized spacial score (nSPS) is 10.2. The van der Waals surface area contributed by atoms with E-state index in [1.165, 1.54) is 30.3 Å². The molecular weight excluding hydrogens is 343 g/mol. The zero-order valence-corrected chi connectivity index (χ0v) is 12.1. The van der Waals surface area contributed by atoms with Gasteiger partial charge >= 0.3 is 5.97 Å². The summed E-state index contributed by atoms with van der Waals surface area (Å²) in [5, 5.41) is 11.4. The lowest BCUT2D eigenvalue weighted by molar-refractivity contribution is 0.0697. The van der Waals surface area contributed by atoms with Crippen molar-refractivity contribution in [2.45, 2.75) is 0 Å². The Morgan fingerprint density at radius 3 is 2.57 bits per heavy atom. The van der Waals surface area contributed by atoms with Gasteiger partial charge in [0, 0.05) is 5.56 Å². The summed E-state index contributed by atoms with van der Waals surface area (Å²) in [6, 6.07) is 8.15. The summed E-state index contributed by atoms with van der Waals surface area (Å²) in [7, 11) is 0. The highest BCUT2D eigenvalue weighted by molar-refractivity contribution is 9.10. The Balaban J connectivity index is 2.29. The summed E-state index contributed by atoms with van der Waals surface area (Å²) in [5.74, 6) is -2.36. The molecule has 2 aromatic rings. The van der Waals surface area contributed by atoms with Gasteiger partial charge in [-0.25, -0.2) is 9.18 Å². The molecule has 5 nitrogen and oxygen atoms in total. The molecule has 0 saturated heterocycles. The number of anilines is 2. The molecule has 21 heavy (non-hydrogen) atoms. The lowest BCUT2D eigenvalue weighted by atomic mass is 10.1. The number of carboxylic acid groups (broad SMARTS) is 1. The van der Waals surface area contributed by atoms with E-state index in [0.29, 0.717) is 0 Å². The highest BCUT2D eigenvalue weighted by Gasteiger charge is 2.14. The Morgan fingerprint density at radius 2 is 1.95 bits per heavy atom. The van der Waals surface area contributed by atoms with Crippen molar-refractivity contribution in [3.63, 3.8) is 0 Å². The van der Waals surface area contributed by atoms with Crippen molar-refractivity contribution in [1.82, 2.24) is 0 Å². The number of carboxylic acids is 1. The molecule has 0 aliphatic carbocycles. The van der Waals surface area contributed by atoms with E-state index in [9.17, 15) is 14.0 Å². The molecule has 0 heterocycles. The number of amides is 1. The predicted octanol–water partition coefficient (Wildman–Crippen LogP) is 3.12. The molecule has 7 heteroatoms.